The van der Waals surface area contributed by atoms with Crippen molar-refractivity contribution in [1.82, 2.24) is 4.90 Å². The second-order valence-corrected chi connectivity index (χ2v) is 5.77. The summed E-state index contributed by atoms with van der Waals surface area (Å²) in [6, 6.07) is 0. The van der Waals surface area contributed by atoms with Crippen molar-refractivity contribution in [2.24, 2.45) is 16.7 Å². The van der Waals surface area contributed by atoms with Crippen LogP contribution in [0.15, 0.2) is 0 Å². The van der Waals surface area contributed by atoms with E-state index in [-0.39, 0.29) is 23.1 Å². The molecule has 1 saturated carbocycles. The van der Waals surface area contributed by atoms with E-state index in [4.69, 9.17) is 5.11 Å². The number of piperidine rings is 1. The Morgan fingerprint density at radius 1 is 1.41 bits per heavy atom. The number of carboxylic acid groups (broad SMARTS) is 1. The van der Waals surface area contributed by atoms with Crippen LogP contribution in [-0.4, -0.2) is 34.3 Å². The molecule has 1 heterocycles. The molecule has 2 amide bonds. The molecule has 0 aromatic carbocycles. The Hall–Kier alpha value is -1.39. The Labute approximate surface area is 99.8 Å². The number of hydrogen-bond acceptors (Lipinski definition) is 3. The van der Waals surface area contributed by atoms with Gasteiger partial charge in [-0.05, 0) is 18.3 Å². The monoisotopic (exact) mass is 239 g/mol. The van der Waals surface area contributed by atoms with Crippen LogP contribution in [0.4, 0.5) is 0 Å². The van der Waals surface area contributed by atoms with Crippen molar-refractivity contribution in [3.8, 4) is 0 Å². The number of imide groups is 1. The maximum absolute atomic E-state index is 12.3. The molecule has 0 aromatic rings. The molecule has 0 radical (unpaired) electrons. The van der Waals surface area contributed by atoms with E-state index in [0.29, 0.717) is 12.8 Å². The van der Waals surface area contributed by atoms with E-state index in [0.717, 1.165) is 4.90 Å². The van der Waals surface area contributed by atoms with E-state index < -0.39 is 17.9 Å². The molecule has 5 nitrogen and oxygen atoms in total. The molecule has 1 N–H and O–H groups in total. The van der Waals surface area contributed by atoms with Gasteiger partial charge in [0.05, 0.1) is 5.41 Å². The third kappa shape index (κ3) is 1.34. The van der Waals surface area contributed by atoms with E-state index in [1.807, 2.05) is 20.8 Å². The highest BCUT2D eigenvalue weighted by Crippen LogP contribution is 2.59. The minimum Gasteiger partial charge on any atom is -0.480 e. The van der Waals surface area contributed by atoms with Crippen LogP contribution in [-0.2, 0) is 14.4 Å². The van der Waals surface area contributed by atoms with Crippen molar-refractivity contribution in [1.29, 1.82) is 0 Å². The minimum absolute atomic E-state index is 0.232. The highest BCUT2D eigenvalue weighted by atomic mass is 16.4. The number of carbonyl (C=O) groups is 3. The predicted octanol–water partition coefficient (Wildman–Crippen LogP) is 0.882. The van der Waals surface area contributed by atoms with Gasteiger partial charge in [0, 0.05) is 5.92 Å². The van der Waals surface area contributed by atoms with Crippen molar-refractivity contribution < 1.29 is 19.5 Å². The summed E-state index contributed by atoms with van der Waals surface area (Å²) in [4.78, 5) is 36.1. The van der Waals surface area contributed by atoms with Gasteiger partial charge in [0.15, 0.2) is 0 Å². The van der Waals surface area contributed by atoms with Crippen LogP contribution >= 0.6 is 0 Å². The van der Waals surface area contributed by atoms with Gasteiger partial charge in [0.25, 0.3) is 0 Å². The quantitative estimate of drug-likeness (QED) is 0.726. The van der Waals surface area contributed by atoms with Crippen molar-refractivity contribution in [2.75, 3.05) is 6.54 Å². The summed E-state index contributed by atoms with van der Waals surface area (Å²) in [5, 5.41) is 8.76. The maximum atomic E-state index is 12.3. The largest absolute Gasteiger partial charge is 0.480 e. The number of aliphatic carboxylic acids is 1. The lowest BCUT2D eigenvalue weighted by atomic mass is 9.62. The first kappa shape index (κ1) is 12.1. The van der Waals surface area contributed by atoms with Crippen LogP contribution in [0.25, 0.3) is 0 Å². The number of hydrogen-bond donors (Lipinski definition) is 1. The van der Waals surface area contributed by atoms with E-state index in [1.165, 1.54) is 0 Å². The molecule has 5 heteroatoms. The summed E-state index contributed by atoms with van der Waals surface area (Å²) in [6.45, 7) is 5.19. The van der Waals surface area contributed by atoms with Crippen molar-refractivity contribution >= 4 is 17.8 Å². The number of carboxylic acids is 1. The van der Waals surface area contributed by atoms with Crippen molar-refractivity contribution in [2.45, 2.75) is 33.6 Å². The molecule has 2 bridgehead atoms. The molecule has 2 atom stereocenters. The third-order valence-electron chi connectivity index (χ3n) is 4.80. The molecule has 2 aliphatic rings. The minimum atomic E-state index is -1.14. The van der Waals surface area contributed by atoms with Gasteiger partial charge in [0.1, 0.15) is 6.54 Å². The summed E-state index contributed by atoms with van der Waals surface area (Å²) in [5.41, 5.74) is -0.989. The first-order chi connectivity index (χ1) is 7.72. The van der Waals surface area contributed by atoms with E-state index >= 15 is 0 Å². The van der Waals surface area contributed by atoms with Gasteiger partial charge in [-0.15, -0.1) is 0 Å². The Morgan fingerprint density at radius 3 is 2.53 bits per heavy atom. The van der Waals surface area contributed by atoms with Crippen LogP contribution in [0.1, 0.15) is 33.6 Å². The van der Waals surface area contributed by atoms with Crippen LogP contribution in [0.5, 0.6) is 0 Å². The molecular weight excluding hydrogens is 222 g/mol. The third-order valence-corrected chi connectivity index (χ3v) is 4.80. The van der Waals surface area contributed by atoms with E-state index in [2.05, 4.69) is 0 Å². The first-order valence-electron chi connectivity index (χ1n) is 5.79. The molecular formula is C12H17NO4. The van der Waals surface area contributed by atoms with Gasteiger partial charge in [0.2, 0.25) is 11.8 Å². The van der Waals surface area contributed by atoms with Crippen LogP contribution in [0, 0.1) is 16.7 Å². The van der Waals surface area contributed by atoms with Crippen molar-refractivity contribution in [3.05, 3.63) is 0 Å². The molecule has 1 aliphatic carbocycles. The standard InChI is InChI=1S/C12H17NO4/c1-11(2)7-4-5-12(11,3)10(17)13(9(7)16)6-8(14)15/h7H,4-6H2,1-3H3,(H,14,15)/t7-,12-/m1/s1. The fourth-order valence-electron chi connectivity index (χ4n) is 3.19. The van der Waals surface area contributed by atoms with Crippen molar-refractivity contribution in [3.63, 3.8) is 0 Å². The van der Waals surface area contributed by atoms with Gasteiger partial charge in [-0.2, -0.15) is 0 Å². The lowest BCUT2D eigenvalue weighted by Gasteiger charge is -2.47. The molecule has 17 heavy (non-hydrogen) atoms. The van der Waals surface area contributed by atoms with Crippen LogP contribution in [0.2, 0.25) is 0 Å². The van der Waals surface area contributed by atoms with Gasteiger partial charge in [-0.1, -0.05) is 20.8 Å². The number of fused-ring (bicyclic) bond motifs is 2. The summed E-state index contributed by atoms with van der Waals surface area (Å²) in [5.74, 6) is -2.03. The lowest BCUT2D eigenvalue weighted by Crippen LogP contribution is -2.59. The summed E-state index contributed by atoms with van der Waals surface area (Å²) in [7, 11) is 0. The average molecular weight is 239 g/mol. The van der Waals surface area contributed by atoms with Crippen LogP contribution in [0.3, 0.4) is 0 Å². The Balaban J connectivity index is 2.42. The van der Waals surface area contributed by atoms with Gasteiger partial charge in [-0.3, -0.25) is 19.3 Å². The SMILES string of the molecule is CC1(C)[C@@H]2CC[C@]1(C)C(=O)N(CC(=O)O)C2=O. The Morgan fingerprint density at radius 2 is 2.00 bits per heavy atom. The molecule has 2 rings (SSSR count). The molecule has 0 aromatic heterocycles. The van der Waals surface area contributed by atoms with Gasteiger partial charge >= 0.3 is 5.97 Å². The Bertz CT molecular complexity index is 415. The summed E-state index contributed by atoms with van der Waals surface area (Å²) < 4.78 is 0. The molecule has 2 fully saturated rings. The number of amides is 2. The zero-order valence-corrected chi connectivity index (χ0v) is 10.3. The maximum Gasteiger partial charge on any atom is 0.323 e. The zero-order valence-electron chi connectivity index (χ0n) is 10.3. The normalized spacial score (nSPS) is 35.2. The Kier molecular flexibility index (Phi) is 2.35. The number of likely N-dealkylation sites (tertiary alicyclic amines) is 1. The highest BCUT2D eigenvalue weighted by molar-refractivity contribution is 6.05. The number of carbonyl (C=O) groups excluding carboxylic acids is 2. The topological polar surface area (TPSA) is 74.7 Å². The zero-order chi connectivity index (χ0) is 13.0. The fraction of sp³-hybridized carbons (Fsp3) is 0.750. The molecule has 0 unspecified atom stereocenters. The van der Waals surface area contributed by atoms with E-state index in [1.54, 1.807) is 0 Å². The first-order valence-corrected chi connectivity index (χ1v) is 5.79. The smallest absolute Gasteiger partial charge is 0.323 e. The highest BCUT2D eigenvalue weighted by Gasteiger charge is 2.64. The summed E-state index contributed by atoms with van der Waals surface area (Å²) >= 11 is 0. The average Bonchev–Trinajstić information content (AvgIpc) is 2.40. The van der Waals surface area contributed by atoms with Gasteiger partial charge in [-0.25, -0.2) is 0 Å². The number of rotatable bonds is 2. The van der Waals surface area contributed by atoms with E-state index in [9.17, 15) is 14.4 Å². The predicted molar refractivity (Wildman–Crippen MR) is 59.0 cm³/mol. The second-order valence-electron chi connectivity index (χ2n) is 5.77. The molecule has 94 valence electrons. The molecule has 1 saturated heterocycles. The lowest BCUT2D eigenvalue weighted by molar-refractivity contribution is -0.171. The second kappa shape index (κ2) is 3.31. The number of nitrogens with zero attached hydrogens (tertiary/aromatic N) is 1. The molecule has 1 aliphatic heterocycles. The summed E-state index contributed by atoms with van der Waals surface area (Å²) in [6.07, 6.45) is 1.33. The van der Waals surface area contributed by atoms with Crippen LogP contribution < -0.4 is 0 Å². The fourth-order valence-corrected chi connectivity index (χ4v) is 3.19. The van der Waals surface area contributed by atoms with Gasteiger partial charge < -0.3 is 5.11 Å². The molecule has 0 spiro atoms.